The van der Waals surface area contributed by atoms with Crippen molar-refractivity contribution in [1.82, 2.24) is 0 Å². The van der Waals surface area contributed by atoms with Crippen LogP contribution in [0.3, 0.4) is 0 Å². The van der Waals surface area contributed by atoms with Crippen LogP contribution in [-0.4, -0.2) is 16.7 Å². The molecular formula is C10H18Cl3O5P. The topological polar surface area (TPSA) is 54.0 Å². The van der Waals surface area contributed by atoms with Gasteiger partial charge >= 0.3 is 7.82 Å². The molecule has 0 aromatic heterocycles. The Morgan fingerprint density at radius 2 is 1.84 bits per heavy atom. The lowest BCUT2D eigenvalue weighted by atomic mass is 10.1. The maximum Gasteiger partial charge on any atom is 0.506 e. The van der Waals surface area contributed by atoms with Crippen LogP contribution in [0.25, 0.3) is 0 Å². The highest BCUT2D eigenvalue weighted by Gasteiger charge is 2.56. The van der Waals surface area contributed by atoms with E-state index in [9.17, 15) is 4.57 Å². The van der Waals surface area contributed by atoms with Crippen molar-refractivity contribution in [3.63, 3.8) is 0 Å². The highest BCUT2D eigenvalue weighted by atomic mass is 35.5. The van der Waals surface area contributed by atoms with Gasteiger partial charge in [0.1, 0.15) is 0 Å². The average Bonchev–Trinajstić information content (AvgIpc) is 2.52. The Labute approximate surface area is 128 Å². The van der Waals surface area contributed by atoms with Crippen LogP contribution >= 0.6 is 42.6 Å². The van der Waals surface area contributed by atoms with Crippen LogP contribution in [0.15, 0.2) is 0 Å². The third-order valence-corrected chi connectivity index (χ3v) is 5.22. The molecule has 0 aromatic rings. The van der Waals surface area contributed by atoms with E-state index in [4.69, 9.17) is 48.7 Å². The van der Waals surface area contributed by atoms with Gasteiger partial charge in [-0.3, -0.25) is 4.52 Å². The van der Waals surface area contributed by atoms with E-state index in [1.165, 1.54) is 19.3 Å². The maximum absolute atomic E-state index is 11.8. The first-order valence-electron chi connectivity index (χ1n) is 6.22. The van der Waals surface area contributed by atoms with Gasteiger partial charge in [0.2, 0.25) is 5.56 Å². The number of hydrogen-bond donors (Lipinski definition) is 0. The summed E-state index contributed by atoms with van der Waals surface area (Å²) in [5, 5.41) is 0. The van der Waals surface area contributed by atoms with Crippen molar-refractivity contribution >= 4 is 42.6 Å². The molecule has 0 amide bonds. The molecule has 1 fully saturated rings. The SMILES string of the molecule is CCCCCCCCOOP1(=O)OC(Cl)C(Cl)(Cl)O1. The first-order chi connectivity index (χ1) is 8.90. The van der Waals surface area contributed by atoms with Crippen molar-refractivity contribution in [2.24, 2.45) is 0 Å². The largest absolute Gasteiger partial charge is 0.506 e. The summed E-state index contributed by atoms with van der Waals surface area (Å²) in [6.45, 7) is 2.45. The molecule has 0 N–H and O–H groups in total. The van der Waals surface area contributed by atoms with Gasteiger partial charge in [-0.1, -0.05) is 73.8 Å². The summed E-state index contributed by atoms with van der Waals surface area (Å²) < 4.78 is 23.9. The summed E-state index contributed by atoms with van der Waals surface area (Å²) in [5.74, 6) is 0. The summed E-state index contributed by atoms with van der Waals surface area (Å²) in [4.78, 5) is 4.78. The number of phosphoric ester groups is 1. The van der Waals surface area contributed by atoms with Gasteiger partial charge in [-0.25, -0.2) is 14.0 Å². The summed E-state index contributed by atoms with van der Waals surface area (Å²) in [6.07, 6.45) is 6.59. The van der Waals surface area contributed by atoms with Crippen LogP contribution in [0.2, 0.25) is 0 Å². The van der Waals surface area contributed by atoms with Crippen molar-refractivity contribution in [2.75, 3.05) is 6.61 Å². The minimum atomic E-state index is -3.93. The second-order valence-electron chi connectivity index (χ2n) is 4.19. The molecule has 0 aliphatic carbocycles. The molecule has 2 unspecified atom stereocenters. The molecule has 1 heterocycles. The molecule has 1 aliphatic rings. The van der Waals surface area contributed by atoms with E-state index in [1.54, 1.807) is 0 Å². The van der Waals surface area contributed by atoms with Crippen molar-refractivity contribution in [3.05, 3.63) is 0 Å². The van der Waals surface area contributed by atoms with E-state index in [1.807, 2.05) is 0 Å². The standard InChI is InChI=1S/C10H18Cl3O5P/c1-2-3-4-5-6-7-8-15-18-19(14)16-9(11)10(12,13)17-19/h9H,2-8H2,1H3. The lowest BCUT2D eigenvalue weighted by molar-refractivity contribution is -0.222. The summed E-state index contributed by atoms with van der Waals surface area (Å²) in [6, 6.07) is 0. The first-order valence-corrected chi connectivity index (χ1v) is 8.87. The van der Waals surface area contributed by atoms with E-state index < -0.39 is 17.9 Å². The third-order valence-electron chi connectivity index (χ3n) is 2.44. The van der Waals surface area contributed by atoms with Gasteiger partial charge < -0.3 is 0 Å². The zero-order chi connectivity index (χ0) is 14.4. The Morgan fingerprint density at radius 3 is 2.42 bits per heavy atom. The highest BCUT2D eigenvalue weighted by molar-refractivity contribution is 7.49. The second kappa shape index (κ2) is 8.40. The minimum absolute atomic E-state index is 0.285. The van der Waals surface area contributed by atoms with Crippen molar-refractivity contribution in [1.29, 1.82) is 0 Å². The molecule has 0 saturated carbocycles. The number of hydrogen-bond acceptors (Lipinski definition) is 5. The van der Waals surface area contributed by atoms with E-state index in [-0.39, 0.29) is 6.61 Å². The van der Waals surface area contributed by atoms with Gasteiger partial charge in [-0.2, -0.15) is 0 Å². The molecule has 19 heavy (non-hydrogen) atoms. The Morgan fingerprint density at radius 1 is 1.21 bits per heavy atom. The molecule has 0 radical (unpaired) electrons. The zero-order valence-corrected chi connectivity index (χ0v) is 13.8. The van der Waals surface area contributed by atoms with Crippen LogP contribution in [0, 0.1) is 0 Å². The van der Waals surface area contributed by atoms with Gasteiger partial charge in [-0.05, 0) is 6.42 Å². The van der Waals surface area contributed by atoms with Crippen molar-refractivity contribution in [3.8, 4) is 0 Å². The molecule has 0 spiro atoms. The predicted octanol–water partition coefficient (Wildman–Crippen LogP) is 5.15. The molecule has 114 valence electrons. The van der Waals surface area contributed by atoms with E-state index >= 15 is 0 Å². The van der Waals surface area contributed by atoms with Crippen LogP contribution in [0.4, 0.5) is 0 Å². The van der Waals surface area contributed by atoms with Gasteiger partial charge in [0.05, 0.1) is 6.61 Å². The zero-order valence-electron chi connectivity index (χ0n) is 10.6. The Hall–Kier alpha value is 0.940. The predicted molar refractivity (Wildman–Crippen MR) is 74.3 cm³/mol. The maximum atomic E-state index is 11.8. The molecule has 1 aliphatic heterocycles. The lowest BCUT2D eigenvalue weighted by Crippen LogP contribution is -2.21. The molecular weight excluding hydrogens is 337 g/mol. The first kappa shape index (κ1) is 18.0. The normalized spacial score (nSPS) is 29.8. The third kappa shape index (κ3) is 6.49. The molecule has 9 heteroatoms. The smallest absolute Gasteiger partial charge is 0.260 e. The van der Waals surface area contributed by atoms with Crippen LogP contribution in [0.1, 0.15) is 45.4 Å². The molecule has 1 rings (SSSR count). The fourth-order valence-corrected chi connectivity index (χ4v) is 3.66. The lowest BCUT2D eigenvalue weighted by Gasteiger charge is -2.11. The number of unbranched alkanes of at least 4 members (excludes halogenated alkanes) is 5. The quantitative estimate of drug-likeness (QED) is 0.188. The fraction of sp³-hybridized carbons (Fsp3) is 1.00. The minimum Gasteiger partial charge on any atom is -0.260 e. The Balaban J connectivity index is 2.08. The summed E-state index contributed by atoms with van der Waals surface area (Å²) >= 11 is 16.8. The average molecular weight is 356 g/mol. The molecule has 5 nitrogen and oxygen atoms in total. The number of phosphoric acid groups is 1. The monoisotopic (exact) mass is 354 g/mol. The molecule has 2 atom stereocenters. The van der Waals surface area contributed by atoms with Crippen molar-refractivity contribution in [2.45, 2.75) is 55.5 Å². The highest BCUT2D eigenvalue weighted by Crippen LogP contribution is 2.64. The Bertz CT molecular complexity index is 316. The van der Waals surface area contributed by atoms with Gasteiger partial charge in [-0.15, -0.1) is 4.67 Å². The summed E-state index contributed by atoms with van der Waals surface area (Å²) in [7, 11) is -3.93. The van der Waals surface area contributed by atoms with Gasteiger partial charge in [0, 0.05) is 0 Å². The van der Waals surface area contributed by atoms with Crippen LogP contribution < -0.4 is 0 Å². The molecule has 1 saturated heterocycles. The van der Waals surface area contributed by atoms with E-state index in [2.05, 4.69) is 11.6 Å². The number of rotatable bonds is 9. The number of alkyl halides is 3. The van der Waals surface area contributed by atoms with E-state index in [0.717, 1.165) is 19.3 Å². The van der Waals surface area contributed by atoms with Crippen LogP contribution in [0.5, 0.6) is 0 Å². The molecule has 0 aromatic carbocycles. The van der Waals surface area contributed by atoms with Crippen LogP contribution in [-0.2, 0) is 23.2 Å². The Kier molecular flexibility index (Phi) is 7.95. The summed E-state index contributed by atoms with van der Waals surface area (Å²) in [5.41, 5.74) is -1.28. The van der Waals surface area contributed by atoms with Gasteiger partial charge in [0.15, 0.2) is 0 Å². The van der Waals surface area contributed by atoms with E-state index in [0.29, 0.717) is 0 Å². The number of halogens is 3. The van der Waals surface area contributed by atoms with Crippen molar-refractivity contribution < 1.29 is 23.2 Å². The molecule has 0 bridgehead atoms. The van der Waals surface area contributed by atoms with Gasteiger partial charge in [0.25, 0.3) is 4.52 Å². The second-order valence-corrected chi connectivity index (χ2v) is 7.34. The fourth-order valence-electron chi connectivity index (χ4n) is 1.46.